The van der Waals surface area contributed by atoms with Gasteiger partial charge in [-0.05, 0) is 42.0 Å². The maximum atomic E-state index is 14.4. The second kappa shape index (κ2) is 5.09. The van der Waals surface area contributed by atoms with Crippen molar-refractivity contribution in [2.75, 3.05) is 18.6 Å². The van der Waals surface area contributed by atoms with E-state index >= 15 is 0 Å². The Hall–Kier alpha value is -0.700. The highest BCUT2D eigenvalue weighted by Gasteiger charge is 2.32. The molecular formula is C13H17FOS. The lowest BCUT2D eigenvalue weighted by Crippen LogP contribution is -2.30. The zero-order valence-electron chi connectivity index (χ0n) is 9.54. The van der Waals surface area contributed by atoms with Gasteiger partial charge in [-0.2, -0.15) is 11.8 Å². The Balaban J connectivity index is 2.07. The fraction of sp³-hybridized carbons (Fsp3) is 0.538. The van der Waals surface area contributed by atoms with Crippen LogP contribution >= 0.6 is 11.8 Å². The summed E-state index contributed by atoms with van der Waals surface area (Å²) >= 11 is 1.85. The van der Waals surface area contributed by atoms with Gasteiger partial charge in [-0.25, -0.2) is 4.39 Å². The molecule has 0 spiro atoms. The van der Waals surface area contributed by atoms with Crippen LogP contribution in [0.2, 0.25) is 0 Å². The molecule has 1 aromatic rings. The lowest BCUT2D eigenvalue weighted by Gasteiger charge is -2.29. The summed E-state index contributed by atoms with van der Waals surface area (Å²) in [4.78, 5) is 0. The minimum atomic E-state index is -1.00. The molecule has 0 aromatic heterocycles. The molecule has 1 nitrogen and oxygen atoms in total. The Morgan fingerprint density at radius 2 is 2.12 bits per heavy atom. The summed E-state index contributed by atoms with van der Waals surface area (Å²) in [5, 5.41) is 0. The monoisotopic (exact) mass is 240 g/mol. The van der Waals surface area contributed by atoms with Gasteiger partial charge >= 0.3 is 0 Å². The van der Waals surface area contributed by atoms with E-state index in [4.69, 9.17) is 4.74 Å². The molecule has 2 rings (SSSR count). The van der Waals surface area contributed by atoms with Gasteiger partial charge in [-0.3, -0.25) is 0 Å². The Morgan fingerprint density at radius 3 is 2.81 bits per heavy atom. The van der Waals surface area contributed by atoms with Gasteiger partial charge in [0.05, 0.1) is 7.11 Å². The van der Waals surface area contributed by atoms with Crippen LogP contribution in [0.1, 0.15) is 18.4 Å². The molecule has 0 aliphatic carbocycles. The fourth-order valence-electron chi connectivity index (χ4n) is 2.06. The topological polar surface area (TPSA) is 9.23 Å². The summed E-state index contributed by atoms with van der Waals surface area (Å²) in [6.07, 6.45) is 1.87. The highest BCUT2D eigenvalue weighted by Crippen LogP contribution is 2.34. The number of rotatable bonds is 3. The maximum Gasteiger partial charge on any atom is 0.119 e. The quantitative estimate of drug-likeness (QED) is 0.800. The van der Waals surface area contributed by atoms with Crippen LogP contribution in [-0.4, -0.2) is 24.3 Å². The molecule has 0 unspecified atom stereocenters. The van der Waals surface area contributed by atoms with Gasteiger partial charge in [0.25, 0.3) is 0 Å². The van der Waals surface area contributed by atoms with Crippen molar-refractivity contribution >= 4 is 11.8 Å². The molecule has 1 aliphatic heterocycles. The van der Waals surface area contributed by atoms with Crippen molar-refractivity contribution in [2.45, 2.75) is 24.9 Å². The zero-order valence-corrected chi connectivity index (χ0v) is 10.4. The Kier molecular flexibility index (Phi) is 3.74. The van der Waals surface area contributed by atoms with E-state index in [-0.39, 0.29) is 0 Å². The molecule has 3 heteroatoms. The summed E-state index contributed by atoms with van der Waals surface area (Å²) in [5.74, 6) is 2.70. The molecule has 1 aliphatic rings. The smallest absolute Gasteiger partial charge is 0.119 e. The molecule has 0 atom stereocenters. The number of alkyl halides is 1. The number of thioether (sulfide) groups is 1. The summed E-state index contributed by atoms with van der Waals surface area (Å²) in [7, 11) is 1.64. The Labute approximate surface area is 100 Å². The number of methoxy groups -OCH3 is 1. The van der Waals surface area contributed by atoms with Crippen LogP contribution in [-0.2, 0) is 6.42 Å². The van der Waals surface area contributed by atoms with Gasteiger partial charge in [0, 0.05) is 6.42 Å². The van der Waals surface area contributed by atoms with Gasteiger partial charge in [0.15, 0.2) is 0 Å². The normalized spacial score (nSPS) is 19.4. The first-order chi connectivity index (χ1) is 7.72. The number of ether oxygens (including phenoxy) is 1. The van der Waals surface area contributed by atoms with E-state index in [2.05, 4.69) is 0 Å². The van der Waals surface area contributed by atoms with Crippen LogP contribution in [0, 0.1) is 0 Å². The average molecular weight is 240 g/mol. The predicted molar refractivity (Wildman–Crippen MR) is 67.1 cm³/mol. The lowest BCUT2D eigenvalue weighted by atomic mass is 9.91. The van der Waals surface area contributed by atoms with Crippen LogP contribution in [0.5, 0.6) is 5.75 Å². The molecule has 1 fully saturated rings. The van der Waals surface area contributed by atoms with Crippen LogP contribution < -0.4 is 4.74 Å². The molecule has 88 valence electrons. The van der Waals surface area contributed by atoms with Crippen LogP contribution in [0.15, 0.2) is 24.3 Å². The molecule has 1 aromatic carbocycles. The van der Waals surface area contributed by atoms with Crippen LogP contribution in [0.25, 0.3) is 0 Å². The largest absolute Gasteiger partial charge is 0.497 e. The predicted octanol–water partition coefficient (Wildman–Crippen LogP) is 3.47. The van der Waals surface area contributed by atoms with Crippen molar-refractivity contribution in [2.24, 2.45) is 0 Å². The van der Waals surface area contributed by atoms with Crippen molar-refractivity contribution in [1.82, 2.24) is 0 Å². The number of benzene rings is 1. The van der Waals surface area contributed by atoms with Gasteiger partial charge in [-0.1, -0.05) is 12.1 Å². The molecule has 1 saturated heterocycles. The highest BCUT2D eigenvalue weighted by molar-refractivity contribution is 7.99. The first-order valence-corrected chi connectivity index (χ1v) is 6.77. The van der Waals surface area contributed by atoms with E-state index in [0.717, 1.165) is 22.8 Å². The third kappa shape index (κ3) is 2.91. The van der Waals surface area contributed by atoms with E-state index in [9.17, 15) is 4.39 Å². The van der Waals surface area contributed by atoms with Crippen molar-refractivity contribution < 1.29 is 9.13 Å². The first kappa shape index (κ1) is 11.8. The summed E-state index contributed by atoms with van der Waals surface area (Å²) in [6, 6.07) is 7.73. The standard InChI is InChI=1S/C13H17FOS/c1-15-12-4-2-3-11(9-12)10-13(14)5-7-16-8-6-13/h2-4,9H,5-8,10H2,1H3. The third-order valence-corrected chi connectivity index (χ3v) is 4.03. The number of hydrogen-bond acceptors (Lipinski definition) is 2. The fourth-order valence-corrected chi connectivity index (χ4v) is 3.29. The zero-order chi connectivity index (χ0) is 11.4. The molecule has 0 N–H and O–H groups in total. The maximum absolute atomic E-state index is 14.4. The molecule has 0 bridgehead atoms. The van der Waals surface area contributed by atoms with E-state index in [1.807, 2.05) is 36.0 Å². The Morgan fingerprint density at radius 1 is 1.38 bits per heavy atom. The average Bonchev–Trinajstić information content (AvgIpc) is 2.29. The van der Waals surface area contributed by atoms with E-state index < -0.39 is 5.67 Å². The van der Waals surface area contributed by atoms with Crippen molar-refractivity contribution in [1.29, 1.82) is 0 Å². The SMILES string of the molecule is COc1cccc(CC2(F)CCSCC2)c1. The second-order valence-electron chi connectivity index (χ2n) is 4.29. The highest BCUT2D eigenvalue weighted by atomic mass is 32.2. The minimum Gasteiger partial charge on any atom is -0.497 e. The van der Waals surface area contributed by atoms with E-state index in [1.165, 1.54) is 0 Å². The molecule has 0 amide bonds. The summed E-state index contributed by atoms with van der Waals surface area (Å²) in [5.41, 5.74) is 0.0335. The number of hydrogen-bond donors (Lipinski definition) is 0. The van der Waals surface area contributed by atoms with Gasteiger partial charge in [0.1, 0.15) is 11.4 Å². The van der Waals surface area contributed by atoms with Crippen molar-refractivity contribution in [3.63, 3.8) is 0 Å². The van der Waals surface area contributed by atoms with E-state index in [0.29, 0.717) is 19.3 Å². The summed E-state index contributed by atoms with van der Waals surface area (Å²) in [6.45, 7) is 0. The molecular weight excluding hydrogens is 223 g/mol. The third-order valence-electron chi connectivity index (χ3n) is 3.04. The molecule has 0 radical (unpaired) electrons. The summed E-state index contributed by atoms with van der Waals surface area (Å²) < 4.78 is 19.6. The van der Waals surface area contributed by atoms with Crippen molar-refractivity contribution in [3.05, 3.63) is 29.8 Å². The lowest BCUT2D eigenvalue weighted by molar-refractivity contribution is 0.150. The molecule has 16 heavy (non-hydrogen) atoms. The van der Waals surface area contributed by atoms with Crippen molar-refractivity contribution in [3.8, 4) is 5.75 Å². The number of halogens is 1. The van der Waals surface area contributed by atoms with Gasteiger partial charge in [-0.15, -0.1) is 0 Å². The molecule has 1 heterocycles. The first-order valence-electron chi connectivity index (χ1n) is 5.61. The van der Waals surface area contributed by atoms with Gasteiger partial charge in [0.2, 0.25) is 0 Å². The van der Waals surface area contributed by atoms with E-state index in [1.54, 1.807) is 7.11 Å². The minimum absolute atomic E-state index is 0.519. The molecule has 0 saturated carbocycles. The van der Waals surface area contributed by atoms with Gasteiger partial charge < -0.3 is 4.74 Å². The van der Waals surface area contributed by atoms with Crippen LogP contribution in [0.4, 0.5) is 4.39 Å². The second-order valence-corrected chi connectivity index (χ2v) is 5.52. The van der Waals surface area contributed by atoms with Crippen LogP contribution in [0.3, 0.4) is 0 Å². The Bertz CT molecular complexity index is 348.